The number of benzene rings is 1. The summed E-state index contributed by atoms with van der Waals surface area (Å²) in [5.74, 6) is -0.484. The second kappa shape index (κ2) is 6.13. The summed E-state index contributed by atoms with van der Waals surface area (Å²) >= 11 is 0. The number of carbonyl (C=O) groups is 1. The summed E-state index contributed by atoms with van der Waals surface area (Å²) in [7, 11) is -1.86. The topological polar surface area (TPSA) is 113 Å². The van der Waals surface area contributed by atoms with Crippen molar-refractivity contribution >= 4 is 24.2 Å². The Hall–Kier alpha value is -1.93. The molecule has 0 spiro atoms. The van der Waals surface area contributed by atoms with Crippen LogP contribution in [0.5, 0.6) is 0 Å². The maximum atomic E-state index is 11.7. The Bertz CT molecular complexity index is 464. The van der Waals surface area contributed by atoms with Crippen molar-refractivity contribution in [2.45, 2.75) is 13.3 Å². The minimum atomic E-state index is -1.86. The van der Waals surface area contributed by atoms with Crippen molar-refractivity contribution in [1.29, 1.82) is 0 Å². The van der Waals surface area contributed by atoms with Crippen LogP contribution >= 0.6 is 0 Å². The first kappa shape index (κ1) is 14.1. The van der Waals surface area contributed by atoms with Crippen molar-refractivity contribution in [2.75, 3.05) is 6.54 Å². The van der Waals surface area contributed by atoms with E-state index in [4.69, 9.17) is 10.0 Å². The average Bonchev–Trinajstić information content (AvgIpc) is 2.35. The van der Waals surface area contributed by atoms with Gasteiger partial charge in [-0.3, -0.25) is 14.9 Å². The molecule has 7 nitrogen and oxygen atoms in total. The van der Waals surface area contributed by atoms with E-state index in [0.717, 1.165) is 18.6 Å². The van der Waals surface area contributed by atoms with Crippen LogP contribution < -0.4 is 10.8 Å². The highest BCUT2D eigenvalue weighted by molar-refractivity contribution is 6.58. The third kappa shape index (κ3) is 3.54. The van der Waals surface area contributed by atoms with Crippen molar-refractivity contribution < 1.29 is 19.8 Å². The molecular weight excluding hydrogens is 239 g/mol. The lowest BCUT2D eigenvalue weighted by atomic mass is 9.79. The van der Waals surface area contributed by atoms with Gasteiger partial charge in [-0.25, -0.2) is 0 Å². The molecule has 0 aliphatic carbocycles. The summed E-state index contributed by atoms with van der Waals surface area (Å²) < 4.78 is 0. The van der Waals surface area contributed by atoms with Crippen molar-refractivity contribution in [3.05, 3.63) is 33.9 Å². The van der Waals surface area contributed by atoms with Crippen LogP contribution in [0, 0.1) is 10.1 Å². The third-order valence-corrected chi connectivity index (χ3v) is 2.25. The van der Waals surface area contributed by atoms with Gasteiger partial charge in [0.2, 0.25) is 0 Å². The number of nitro groups is 1. The van der Waals surface area contributed by atoms with Gasteiger partial charge in [-0.2, -0.15) is 0 Å². The third-order valence-electron chi connectivity index (χ3n) is 2.25. The lowest BCUT2D eigenvalue weighted by Crippen LogP contribution is -2.32. The summed E-state index contributed by atoms with van der Waals surface area (Å²) in [4.78, 5) is 21.6. The number of carbonyl (C=O) groups excluding carboxylic acids is 1. The van der Waals surface area contributed by atoms with Gasteiger partial charge >= 0.3 is 7.12 Å². The SMILES string of the molecule is CCCNC(=O)c1cc(B(O)O)cc([N+](=O)[O-])c1. The molecule has 3 N–H and O–H groups in total. The number of hydrogen-bond donors (Lipinski definition) is 3. The quantitative estimate of drug-likeness (QED) is 0.368. The first-order valence-corrected chi connectivity index (χ1v) is 5.39. The van der Waals surface area contributed by atoms with Crippen LogP contribution in [-0.2, 0) is 0 Å². The van der Waals surface area contributed by atoms with Crippen molar-refractivity contribution in [3.63, 3.8) is 0 Å². The number of nitrogens with zero attached hydrogens (tertiary/aromatic N) is 1. The van der Waals surface area contributed by atoms with Gasteiger partial charge in [0.15, 0.2) is 0 Å². The predicted molar refractivity (Wildman–Crippen MR) is 65.5 cm³/mol. The molecule has 0 saturated heterocycles. The fourth-order valence-corrected chi connectivity index (χ4v) is 1.36. The van der Waals surface area contributed by atoms with Crippen LogP contribution in [0.1, 0.15) is 23.7 Å². The number of rotatable bonds is 5. The molecule has 0 bridgehead atoms. The Morgan fingerprint density at radius 2 is 2.11 bits per heavy atom. The van der Waals surface area contributed by atoms with Crippen LogP contribution in [0.4, 0.5) is 5.69 Å². The normalized spacial score (nSPS) is 9.94. The summed E-state index contributed by atoms with van der Waals surface area (Å²) in [6, 6.07) is 3.32. The lowest BCUT2D eigenvalue weighted by Gasteiger charge is -2.06. The Labute approximate surface area is 104 Å². The molecule has 1 amide bonds. The van der Waals surface area contributed by atoms with E-state index < -0.39 is 17.9 Å². The molecule has 96 valence electrons. The van der Waals surface area contributed by atoms with E-state index in [1.54, 1.807) is 0 Å². The van der Waals surface area contributed by atoms with E-state index in [-0.39, 0.29) is 16.7 Å². The summed E-state index contributed by atoms with van der Waals surface area (Å²) in [5, 5.41) is 31.3. The fourth-order valence-electron chi connectivity index (χ4n) is 1.36. The second-order valence-electron chi connectivity index (χ2n) is 3.70. The maximum Gasteiger partial charge on any atom is 0.488 e. The lowest BCUT2D eigenvalue weighted by molar-refractivity contribution is -0.384. The maximum absolute atomic E-state index is 11.7. The molecule has 0 radical (unpaired) electrons. The zero-order valence-electron chi connectivity index (χ0n) is 9.79. The monoisotopic (exact) mass is 252 g/mol. The highest BCUT2D eigenvalue weighted by atomic mass is 16.6. The van der Waals surface area contributed by atoms with E-state index in [1.807, 2.05) is 6.92 Å². The molecule has 1 rings (SSSR count). The zero-order valence-corrected chi connectivity index (χ0v) is 9.79. The summed E-state index contributed by atoms with van der Waals surface area (Å²) in [6.07, 6.45) is 0.732. The standard InChI is InChI=1S/C10H13BN2O5/c1-2-3-12-10(14)7-4-8(11(15)16)6-9(5-7)13(17)18/h4-6,15-16H,2-3H2,1H3,(H,12,14). The Kier molecular flexibility index (Phi) is 4.81. The molecule has 0 unspecified atom stereocenters. The summed E-state index contributed by atoms with van der Waals surface area (Å²) in [6.45, 7) is 2.31. The van der Waals surface area contributed by atoms with E-state index in [1.165, 1.54) is 6.07 Å². The minimum Gasteiger partial charge on any atom is -0.423 e. The Morgan fingerprint density at radius 1 is 1.44 bits per heavy atom. The number of nitrogens with one attached hydrogen (secondary N) is 1. The van der Waals surface area contributed by atoms with Crippen LogP contribution in [0.3, 0.4) is 0 Å². The first-order valence-electron chi connectivity index (χ1n) is 5.39. The van der Waals surface area contributed by atoms with Gasteiger partial charge in [0.1, 0.15) is 0 Å². The van der Waals surface area contributed by atoms with Crippen LogP contribution in [0.2, 0.25) is 0 Å². The predicted octanol–water partition coefficient (Wildman–Crippen LogP) is -0.586. The van der Waals surface area contributed by atoms with Crippen molar-refractivity contribution in [3.8, 4) is 0 Å². The van der Waals surface area contributed by atoms with E-state index in [0.29, 0.717) is 6.54 Å². The molecule has 18 heavy (non-hydrogen) atoms. The first-order chi connectivity index (χ1) is 8.45. The van der Waals surface area contributed by atoms with E-state index in [9.17, 15) is 14.9 Å². The number of non-ortho nitro benzene ring substituents is 1. The molecule has 1 aromatic carbocycles. The molecule has 0 saturated carbocycles. The number of nitro benzene ring substituents is 1. The highest BCUT2D eigenvalue weighted by Crippen LogP contribution is 2.12. The van der Waals surface area contributed by atoms with Crippen molar-refractivity contribution in [1.82, 2.24) is 5.32 Å². The Balaban J connectivity index is 3.10. The van der Waals surface area contributed by atoms with Gasteiger partial charge < -0.3 is 15.4 Å². The van der Waals surface area contributed by atoms with Crippen LogP contribution in [0.25, 0.3) is 0 Å². The molecule has 0 aliphatic heterocycles. The minimum absolute atomic E-state index is 0.0285. The molecular formula is C10H13BN2O5. The van der Waals surface area contributed by atoms with Gasteiger partial charge in [0.05, 0.1) is 4.92 Å². The van der Waals surface area contributed by atoms with Gasteiger partial charge in [0.25, 0.3) is 11.6 Å². The van der Waals surface area contributed by atoms with Crippen LogP contribution in [0.15, 0.2) is 18.2 Å². The highest BCUT2D eigenvalue weighted by Gasteiger charge is 2.19. The number of hydrogen-bond acceptors (Lipinski definition) is 5. The molecule has 1 aromatic rings. The molecule has 0 atom stereocenters. The largest absolute Gasteiger partial charge is 0.488 e. The molecule has 0 fully saturated rings. The van der Waals surface area contributed by atoms with Crippen LogP contribution in [-0.4, -0.2) is 34.5 Å². The molecule has 0 aromatic heterocycles. The Morgan fingerprint density at radius 3 is 2.61 bits per heavy atom. The second-order valence-corrected chi connectivity index (χ2v) is 3.70. The van der Waals surface area contributed by atoms with Gasteiger partial charge in [-0.15, -0.1) is 0 Å². The number of amides is 1. The van der Waals surface area contributed by atoms with E-state index >= 15 is 0 Å². The van der Waals surface area contributed by atoms with Crippen molar-refractivity contribution in [2.24, 2.45) is 0 Å². The van der Waals surface area contributed by atoms with E-state index in [2.05, 4.69) is 5.32 Å². The zero-order chi connectivity index (χ0) is 13.7. The van der Waals surface area contributed by atoms with Gasteiger partial charge in [-0.05, 0) is 17.9 Å². The molecule has 0 heterocycles. The van der Waals surface area contributed by atoms with Gasteiger partial charge in [0, 0.05) is 24.2 Å². The smallest absolute Gasteiger partial charge is 0.423 e. The molecule has 0 aliphatic rings. The average molecular weight is 252 g/mol. The molecule has 8 heteroatoms. The van der Waals surface area contributed by atoms with Gasteiger partial charge in [-0.1, -0.05) is 6.92 Å². The summed E-state index contributed by atoms with van der Waals surface area (Å²) in [5.41, 5.74) is -0.422. The fraction of sp³-hybridized carbons (Fsp3) is 0.300.